The number of benzene rings is 1. The summed E-state index contributed by atoms with van der Waals surface area (Å²) in [7, 11) is 0. The van der Waals surface area contributed by atoms with Crippen molar-refractivity contribution in [2.45, 2.75) is 54.1 Å². The Morgan fingerprint density at radius 3 is 2.00 bits per heavy atom. The van der Waals surface area contributed by atoms with Crippen LogP contribution in [0.3, 0.4) is 0 Å². The van der Waals surface area contributed by atoms with Gasteiger partial charge in [0.2, 0.25) is 0 Å². The van der Waals surface area contributed by atoms with E-state index in [0.29, 0.717) is 11.4 Å². The molecule has 128 valence electrons. The number of carboxylic acids is 1. The average molecular weight is 323 g/mol. The second-order valence-electron chi connectivity index (χ2n) is 6.51. The van der Waals surface area contributed by atoms with Gasteiger partial charge < -0.3 is 14.6 Å². The van der Waals surface area contributed by atoms with Gasteiger partial charge in [-0.2, -0.15) is 0 Å². The van der Waals surface area contributed by atoms with Gasteiger partial charge in [-0.3, -0.25) is 5.32 Å². The lowest BCUT2D eigenvalue weighted by molar-refractivity contribution is -0.139. The van der Waals surface area contributed by atoms with Crippen LogP contribution in [0.5, 0.6) is 5.75 Å². The van der Waals surface area contributed by atoms with Gasteiger partial charge in [0.15, 0.2) is 6.61 Å². The molecule has 0 aliphatic carbocycles. The van der Waals surface area contributed by atoms with Crippen molar-refractivity contribution in [3.05, 3.63) is 22.3 Å². The monoisotopic (exact) mass is 323 g/mol. The summed E-state index contributed by atoms with van der Waals surface area (Å²) in [5, 5.41) is 11.5. The summed E-state index contributed by atoms with van der Waals surface area (Å²) in [4.78, 5) is 22.9. The molecule has 0 bridgehead atoms. The molecule has 0 saturated heterocycles. The Hall–Kier alpha value is -2.24. The average Bonchev–Trinajstić information content (AvgIpc) is 2.39. The fraction of sp³-hybridized carbons (Fsp3) is 0.529. The molecular weight excluding hydrogens is 298 g/mol. The minimum atomic E-state index is -1.08. The number of carbonyl (C=O) groups excluding carboxylic acids is 1. The zero-order valence-electron chi connectivity index (χ0n) is 14.8. The number of anilines is 1. The van der Waals surface area contributed by atoms with E-state index in [0.717, 1.165) is 22.3 Å². The van der Waals surface area contributed by atoms with E-state index in [9.17, 15) is 9.59 Å². The van der Waals surface area contributed by atoms with Gasteiger partial charge in [0.25, 0.3) is 0 Å². The Balaban J connectivity index is 3.27. The first-order valence-corrected chi connectivity index (χ1v) is 7.39. The van der Waals surface area contributed by atoms with E-state index in [1.165, 1.54) is 0 Å². The zero-order chi connectivity index (χ0) is 17.9. The van der Waals surface area contributed by atoms with Crippen LogP contribution in [0, 0.1) is 27.7 Å². The molecule has 0 radical (unpaired) electrons. The Kier molecular flexibility index (Phi) is 5.64. The fourth-order valence-corrected chi connectivity index (χ4v) is 2.15. The first kappa shape index (κ1) is 18.8. The number of ether oxygens (including phenoxy) is 2. The summed E-state index contributed by atoms with van der Waals surface area (Å²) < 4.78 is 10.7. The lowest BCUT2D eigenvalue weighted by Gasteiger charge is -2.23. The molecule has 6 heteroatoms. The van der Waals surface area contributed by atoms with Gasteiger partial charge in [-0.25, -0.2) is 9.59 Å². The quantitative estimate of drug-likeness (QED) is 0.882. The number of hydrogen-bond donors (Lipinski definition) is 2. The Labute approximate surface area is 136 Å². The molecule has 1 amide bonds. The number of amides is 1. The topological polar surface area (TPSA) is 84.9 Å². The smallest absolute Gasteiger partial charge is 0.412 e. The molecule has 0 spiro atoms. The standard InChI is InChI=1S/C17H25NO5/c1-9-10(2)12(4)15(22-8-13(19)20)14(11(9)3)18-16(21)23-17(5,6)7/h8H2,1-7H3,(H,18,21)(H,19,20). The number of hydrogen-bond acceptors (Lipinski definition) is 4. The molecule has 0 aliphatic heterocycles. The van der Waals surface area contributed by atoms with Gasteiger partial charge >= 0.3 is 12.1 Å². The third-order valence-electron chi connectivity index (χ3n) is 3.60. The van der Waals surface area contributed by atoms with E-state index < -0.39 is 24.3 Å². The van der Waals surface area contributed by atoms with Crippen LogP contribution in [0.15, 0.2) is 0 Å². The second kappa shape index (κ2) is 6.89. The van der Waals surface area contributed by atoms with Crippen molar-refractivity contribution < 1.29 is 24.2 Å². The van der Waals surface area contributed by atoms with Crippen LogP contribution >= 0.6 is 0 Å². The van der Waals surface area contributed by atoms with E-state index in [1.807, 2.05) is 27.7 Å². The molecule has 0 unspecified atom stereocenters. The molecule has 6 nitrogen and oxygen atoms in total. The maximum atomic E-state index is 12.1. The largest absolute Gasteiger partial charge is 0.479 e. The SMILES string of the molecule is Cc1c(C)c(C)c(OCC(=O)O)c(NC(=O)OC(C)(C)C)c1C. The number of carboxylic acid groups (broad SMARTS) is 1. The first-order chi connectivity index (χ1) is 10.4. The summed E-state index contributed by atoms with van der Waals surface area (Å²) in [5.41, 5.74) is 3.43. The highest BCUT2D eigenvalue weighted by Crippen LogP contribution is 2.37. The highest BCUT2D eigenvalue weighted by atomic mass is 16.6. The predicted molar refractivity (Wildman–Crippen MR) is 88.4 cm³/mol. The van der Waals surface area contributed by atoms with Crippen LogP contribution in [0.4, 0.5) is 10.5 Å². The van der Waals surface area contributed by atoms with Crippen molar-refractivity contribution in [1.29, 1.82) is 0 Å². The van der Waals surface area contributed by atoms with Gasteiger partial charge in [0.1, 0.15) is 11.4 Å². The fourth-order valence-electron chi connectivity index (χ4n) is 2.15. The summed E-state index contributed by atoms with van der Waals surface area (Å²) >= 11 is 0. The van der Waals surface area contributed by atoms with Crippen LogP contribution in [-0.4, -0.2) is 29.4 Å². The molecule has 2 N–H and O–H groups in total. The predicted octanol–water partition coefficient (Wildman–Crippen LogP) is 3.73. The van der Waals surface area contributed by atoms with Crippen molar-refractivity contribution in [2.24, 2.45) is 0 Å². The number of carbonyl (C=O) groups is 2. The molecule has 0 heterocycles. The number of rotatable bonds is 4. The molecule has 0 aromatic heterocycles. The molecule has 0 fully saturated rings. The molecule has 0 saturated carbocycles. The Morgan fingerprint density at radius 1 is 1.00 bits per heavy atom. The van der Waals surface area contributed by atoms with Gasteiger partial charge in [-0.1, -0.05) is 0 Å². The molecule has 1 rings (SSSR count). The van der Waals surface area contributed by atoms with Crippen molar-refractivity contribution in [2.75, 3.05) is 11.9 Å². The van der Waals surface area contributed by atoms with Gasteiger partial charge in [0.05, 0.1) is 5.69 Å². The zero-order valence-corrected chi connectivity index (χ0v) is 14.8. The van der Waals surface area contributed by atoms with Gasteiger partial charge in [0, 0.05) is 0 Å². The lowest BCUT2D eigenvalue weighted by atomic mass is 9.96. The first-order valence-electron chi connectivity index (χ1n) is 7.39. The minimum Gasteiger partial charge on any atom is -0.479 e. The van der Waals surface area contributed by atoms with Crippen LogP contribution < -0.4 is 10.1 Å². The van der Waals surface area contributed by atoms with Crippen LogP contribution in [0.1, 0.15) is 43.0 Å². The van der Waals surface area contributed by atoms with E-state index in [1.54, 1.807) is 20.8 Å². The van der Waals surface area contributed by atoms with Crippen molar-refractivity contribution in [3.8, 4) is 5.75 Å². The van der Waals surface area contributed by atoms with Crippen LogP contribution in [0.25, 0.3) is 0 Å². The van der Waals surface area contributed by atoms with E-state index in [2.05, 4.69) is 5.32 Å². The maximum Gasteiger partial charge on any atom is 0.412 e. The lowest BCUT2D eigenvalue weighted by Crippen LogP contribution is -2.28. The van der Waals surface area contributed by atoms with E-state index in [4.69, 9.17) is 14.6 Å². The number of nitrogens with one attached hydrogen (secondary N) is 1. The summed E-state index contributed by atoms with van der Waals surface area (Å²) in [6, 6.07) is 0. The highest BCUT2D eigenvalue weighted by molar-refractivity contribution is 5.89. The highest BCUT2D eigenvalue weighted by Gasteiger charge is 2.22. The molecule has 1 aromatic carbocycles. The number of aliphatic carboxylic acids is 1. The normalized spacial score (nSPS) is 11.1. The Bertz CT molecular complexity index is 629. The van der Waals surface area contributed by atoms with Gasteiger partial charge in [-0.15, -0.1) is 0 Å². The second-order valence-corrected chi connectivity index (χ2v) is 6.51. The van der Waals surface area contributed by atoms with Crippen molar-refractivity contribution in [3.63, 3.8) is 0 Å². The minimum absolute atomic E-state index is 0.360. The van der Waals surface area contributed by atoms with Crippen molar-refractivity contribution >= 4 is 17.7 Å². The molecule has 23 heavy (non-hydrogen) atoms. The third-order valence-corrected chi connectivity index (χ3v) is 3.60. The summed E-state index contributed by atoms with van der Waals surface area (Å²) in [6.45, 7) is 12.4. The molecule has 1 aromatic rings. The van der Waals surface area contributed by atoms with Crippen molar-refractivity contribution in [1.82, 2.24) is 0 Å². The van der Waals surface area contributed by atoms with Crippen LogP contribution in [-0.2, 0) is 9.53 Å². The summed E-state index contributed by atoms with van der Waals surface area (Å²) in [6.07, 6.45) is -0.608. The van der Waals surface area contributed by atoms with E-state index >= 15 is 0 Å². The molecular formula is C17H25NO5. The van der Waals surface area contributed by atoms with Crippen LogP contribution in [0.2, 0.25) is 0 Å². The van der Waals surface area contributed by atoms with E-state index in [-0.39, 0.29) is 0 Å². The summed E-state index contributed by atoms with van der Waals surface area (Å²) in [5.74, 6) is -0.720. The molecule has 0 aliphatic rings. The molecule has 0 atom stereocenters. The third kappa shape index (κ3) is 4.87. The van der Waals surface area contributed by atoms with Gasteiger partial charge in [-0.05, 0) is 70.7 Å². The Morgan fingerprint density at radius 2 is 1.52 bits per heavy atom. The maximum absolute atomic E-state index is 12.1.